The van der Waals surface area contributed by atoms with E-state index >= 15 is 0 Å². The first-order valence-corrected chi connectivity index (χ1v) is 4.79. The molecule has 1 heterocycles. The molecule has 0 saturated heterocycles. The van der Waals surface area contributed by atoms with Gasteiger partial charge in [0.15, 0.2) is 5.69 Å². The van der Waals surface area contributed by atoms with Crippen LogP contribution in [0.15, 0.2) is 18.2 Å². The largest absolute Gasteiger partial charge is 0.354 e. The lowest BCUT2D eigenvalue weighted by Crippen LogP contribution is -2.18. The molecule has 1 N–H and O–H groups in total. The summed E-state index contributed by atoms with van der Waals surface area (Å²) in [5.74, 6) is -0.147. The fraction of sp³-hybridized carbons (Fsp3) is 0.273. The number of rotatable bonds is 1. The zero-order valence-corrected chi connectivity index (χ0v) is 9.03. The maximum Gasteiger partial charge on any atom is 0.272 e. The van der Waals surface area contributed by atoms with Crippen molar-refractivity contribution in [2.75, 3.05) is 7.05 Å². The predicted octanol–water partition coefficient (Wildman–Crippen LogP) is 1.24. The number of fused-ring (bicyclic) bond motifs is 1. The fourth-order valence-electron chi connectivity index (χ4n) is 1.67. The molecule has 0 aliphatic heterocycles. The maximum absolute atomic E-state index is 11.6. The Labute approximate surface area is 87.9 Å². The van der Waals surface area contributed by atoms with Crippen LogP contribution >= 0.6 is 0 Å². The van der Waals surface area contributed by atoms with Crippen LogP contribution in [0.4, 0.5) is 0 Å². The fourth-order valence-corrected chi connectivity index (χ4v) is 1.67. The summed E-state index contributed by atoms with van der Waals surface area (Å²) in [5, 5.41) is 7.70. The molecule has 0 aliphatic carbocycles. The van der Waals surface area contributed by atoms with Gasteiger partial charge in [-0.2, -0.15) is 5.10 Å². The molecule has 0 atom stereocenters. The van der Waals surface area contributed by atoms with E-state index in [1.165, 1.54) is 0 Å². The number of nitrogens with zero attached hydrogens (tertiary/aromatic N) is 2. The summed E-state index contributed by atoms with van der Waals surface area (Å²) in [6.45, 7) is 2.00. The van der Waals surface area contributed by atoms with Crippen molar-refractivity contribution in [2.45, 2.75) is 6.92 Å². The zero-order valence-electron chi connectivity index (χ0n) is 9.03. The average molecular weight is 203 g/mol. The lowest BCUT2D eigenvalue weighted by atomic mass is 10.1. The Morgan fingerprint density at radius 3 is 2.87 bits per heavy atom. The van der Waals surface area contributed by atoms with E-state index in [2.05, 4.69) is 10.4 Å². The van der Waals surface area contributed by atoms with Gasteiger partial charge in [-0.25, -0.2) is 0 Å². The van der Waals surface area contributed by atoms with Crippen molar-refractivity contribution in [3.05, 3.63) is 29.5 Å². The predicted molar refractivity (Wildman–Crippen MR) is 58.8 cm³/mol. The summed E-state index contributed by atoms with van der Waals surface area (Å²) in [6.07, 6.45) is 0. The molecule has 1 aromatic heterocycles. The highest BCUT2D eigenvalue weighted by atomic mass is 16.1. The third-order valence-electron chi connectivity index (χ3n) is 2.45. The third-order valence-corrected chi connectivity index (χ3v) is 2.45. The number of aromatic nitrogens is 2. The van der Waals surface area contributed by atoms with Crippen LogP contribution in [0.3, 0.4) is 0 Å². The first kappa shape index (κ1) is 9.71. The summed E-state index contributed by atoms with van der Waals surface area (Å²) in [6, 6.07) is 5.97. The van der Waals surface area contributed by atoms with Gasteiger partial charge in [0.1, 0.15) is 0 Å². The Bertz CT molecular complexity index is 528. The van der Waals surface area contributed by atoms with Crippen LogP contribution in [0.1, 0.15) is 16.1 Å². The van der Waals surface area contributed by atoms with Crippen LogP contribution in [-0.2, 0) is 7.05 Å². The van der Waals surface area contributed by atoms with Crippen LogP contribution < -0.4 is 5.32 Å². The van der Waals surface area contributed by atoms with Gasteiger partial charge in [0.25, 0.3) is 5.91 Å². The minimum Gasteiger partial charge on any atom is -0.354 e. The number of nitrogens with one attached hydrogen (secondary N) is 1. The van der Waals surface area contributed by atoms with Crippen molar-refractivity contribution >= 4 is 16.8 Å². The molecule has 0 aliphatic rings. The van der Waals surface area contributed by atoms with E-state index in [1.54, 1.807) is 11.7 Å². The van der Waals surface area contributed by atoms with Crippen LogP contribution in [0.5, 0.6) is 0 Å². The number of benzene rings is 1. The molecule has 4 nitrogen and oxygen atoms in total. The van der Waals surface area contributed by atoms with E-state index in [4.69, 9.17) is 0 Å². The molecule has 0 bridgehead atoms. The molecule has 0 saturated carbocycles. The van der Waals surface area contributed by atoms with E-state index in [-0.39, 0.29) is 5.91 Å². The van der Waals surface area contributed by atoms with Gasteiger partial charge in [0, 0.05) is 19.5 Å². The minimum atomic E-state index is -0.147. The van der Waals surface area contributed by atoms with Gasteiger partial charge in [-0.3, -0.25) is 9.48 Å². The van der Waals surface area contributed by atoms with E-state index in [9.17, 15) is 4.79 Å². The number of hydrogen-bond donors (Lipinski definition) is 1. The highest BCUT2D eigenvalue weighted by molar-refractivity contribution is 6.04. The highest BCUT2D eigenvalue weighted by Gasteiger charge is 2.14. The summed E-state index contributed by atoms with van der Waals surface area (Å²) in [5.41, 5.74) is 2.58. The second kappa shape index (κ2) is 3.38. The van der Waals surface area contributed by atoms with E-state index < -0.39 is 0 Å². The molecule has 4 heteroatoms. The summed E-state index contributed by atoms with van der Waals surface area (Å²) in [7, 11) is 3.45. The Morgan fingerprint density at radius 2 is 2.20 bits per heavy atom. The van der Waals surface area contributed by atoms with E-state index in [0.717, 1.165) is 16.5 Å². The molecule has 0 spiro atoms. The molecular weight excluding hydrogens is 190 g/mol. The Balaban J connectivity index is 2.75. The van der Waals surface area contributed by atoms with Gasteiger partial charge in [-0.1, -0.05) is 11.6 Å². The number of aryl methyl sites for hydroxylation is 2. The molecule has 1 amide bonds. The average Bonchev–Trinajstić information content (AvgIpc) is 2.54. The summed E-state index contributed by atoms with van der Waals surface area (Å²) in [4.78, 5) is 11.6. The van der Waals surface area contributed by atoms with Gasteiger partial charge in [0.05, 0.1) is 5.52 Å². The monoisotopic (exact) mass is 203 g/mol. The molecule has 78 valence electrons. The van der Waals surface area contributed by atoms with E-state index in [0.29, 0.717) is 5.69 Å². The number of amides is 1. The Hall–Kier alpha value is -1.84. The van der Waals surface area contributed by atoms with Crippen molar-refractivity contribution in [1.82, 2.24) is 15.1 Å². The summed E-state index contributed by atoms with van der Waals surface area (Å²) >= 11 is 0. The molecule has 2 aromatic rings. The SMILES string of the molecule is CNC(=O)c1nn(C)c2ccc(C)cc12. The molecule has 2 rings (SSSR count). The van der Waals surface area contributed by atoms with Crippen molar-refractivity contribution in [1.29, 1.82) is 0 Å². The van der Waals surface area contributed by atoms with Crippen LogP contribution in [0, 0.1) is 6.92 Å². The quantitative estimate of drug-likeness (QED) is 0.758. The summed E-state index contributed by atoms with van der Waals surface area (Å²) < 4.78 is 1.72. The van der Waals surface area contributed by atoms with Gasteiger partial charge in [-0.15, -0.1) is 0 Å². The van der Waals surface area contributed by atoms with Gasteiger partial charge in [-0.05, 0) is 19.1 Å². The molecule has 15 heavy (non-hydrogen) atoms. The smallest absolute Gasteiger partial charge is 0.272 e. The zero-order chi connectivity index (χ0) is 11.0. The number of carbonyl (C=O) groups is 1. The minimum absolute atomic E-state index is 0.147. The second-order valence-corrected chi connectivity index (χ2v) is 3.57. The molecule has 0 fully saturated rings. The van der Waals surface area contributed by atoms with Crippen LogP contribution in [0.2, 0.25) is 0 Å². The van der Waals surface area contributed by atoms with Crippen LogP contribution in [-0.4, -0.2) is 22.7 Å². The topological polar surface area (TPSA) is 46.9 Å². The van der Waals surface area contributed by atoms with Crippen molar-refractivity contribution in [2.24, 2.45) is 7.05 Å². The number of carbonyl (C=O) groups excluding carboxylic acids is 1. The lowest BCUT2D eigenvalue weighted by molar-refractivity contribution is 0.0959. The molecule has 0 unspecified atom stereocenters. The maximum atomic E-state index is 11.6. The van der Waals surface area contributed by atoms with E-state index in [1.807, 2.05) is 32.2 Å². The van der Waals surface area contributed by atoms with Gasteiger partial charge >= 0.3 is 0 Å². The Kier molecular flexibility index (Phi) is 2.19. The first-order chi connectivity index (χ1) is 7.13. The van der Waals surface area contributed by atoms with Crippen molar-refractivity contribution in [3.8, 4) is 0 Å². The molecule has 0 radical (unpaired) electrons. The first-order valence-electron chi connectivity index (χ1n) is 4.79. The normalized spacial score (nSPS) is 10.6. The Morgan fingerprint density at radius 1 is 1.47 bits per heavy atom. The second-order valence-electron chi connectivity index (χ2n) is 3.57. The highest BCUT2D eigenvalue weighted by Crippen LogP contribution is 2.19. The van der Waals surface area contributed by atoms with Crippen molar-refractivity contribution in [3.63, 3.8) is 0 Å². The molecular formula is C11H13N3O. The van der Waals surface area contributed by atoms with Crippen LogP contribution in [0.25, 0.3) is 10.9 Å². The standard InChI is InChI=1S/C11H13N3O/c1-7-4-5-9-8(6-7)10(11(15)12-2)13-14(9)3/h4-6H,1-3H3,(H,12,15). The third kappa shape index (κ3) is 1.48. The van der Waals surface area contributed by atoms with Gasteiger partial charge in [0.2, 0.25) is 0 Å². The molecule has 1 aromatic carbocycles. The van der Waals surface area contributed by atoms with Gasteiger partial charge < -0.3 is 5.32 Å². The number of hydrogen-bond acceptors (Lipinski definition) is 2. The lowest BCUT2D eigenvalue weighted by Gasteiger charge is -1.96. The van der Waals surface area contributed by atoms with Crippen molar-refractivity contribution < 1.29 is 4.79 Å².